The molecule has 18 heavy (non-hydrogen) atoms. The molecule has 0 radical (unpaired) electrons. The fourth-order valence-electron chi connectivity index (χ4n) is 1.79. The molecule has 1 rings (SSSR count). The highest BCUT2D eigenvalue weighted by atomic mass is 35.5. The van der Waals surface area contributed by atoms with E-state index in [9.17, 15) is 8.42 Å². The predicted molar refractivity (Wildman–Crippen MR) is 77.8 cm³/mol. The van der Waals surface area contributed by atoms with Gasteiger partial charge in [-0.3, -0.25) is 0 Å². The smallest absolute Gasteiger partial charge is 0.256 e. The molecule has 2 atom stereocenters. The standard InChI is InChI=1S/C11H20ClNO3S2/c1-8(2)4-3-5-16-11(17)13-10-7-18(14,15)6-9(10)12/h8-10H,3-7H2,1-2H3,(H,13,17)/t9-,10-/m1/s1. The molecule has 7 heteroatoms. The summed E-state index contributed by atoms with van der Waals surface area (Å²) in [7, 11) is -3.04. The largest absolute Gasteiger partial charge is 0.471 e. The molecule has 0 aromatic heterocycles. The van der Waals surface area contributed by atoms with Gasteiger partial charge in [-0.05, 0) is 31.0 Å². The lowest BCUT2D eigenvalue weighted by Crippen LogP contribution is -2.40. The zero-order valence-electron chi connectivity index (χ0n) is 10.7. The van der Waals surface area contributed by atoms with E-state index in [4.69, 9.17) is 28.6 Å². The van der Waals surface area contributed by atoms with Gasteiger partial charge < -0.3 is 10.1 Å². The van der Waals surface area contributed by atoms with Gasteiger partial charge in [-0.2, -0.15) is 0 Å². The fourth-order valence-corrected chi connectivity index (χ4v) is 4.57. The molecule has 0 spiro atoms. The minimum atomic E-state index is -3.04. The Morgan fingerprint density at radius 3 is 2.67 bits per heavy atom. The van der Waals surface area contributed by atoms with Crippen molar-refractivity contribution in [1.29, 1.82) is 0 Å². The van der Waals surface area contributed by atoms with Crippen LogP contribution in [0.3, 0.4) is 0 Å². The van der Waals surface area contributed by atoms with Crippen LogP contribution in [-0.2, 0) is 14.6 Å². The third-order valence-electron chi connectivity index (χ3n) is 2.75. The molecule has 1 aliphatic heterocycles. The van der Waals surface area contributed by atoms with Crippen molar-refractivity contribution >= 4 is 38.8 Å². The van der Waals surface area contributed by atoms with E-state index in [2.05, 4.69) is 19.2 Å². The van der Waals surface area contributed by atoms with Gasteiger partial charge in [0, 0.05) is 0 Å². The Morgan fingerprint density at radius 1 is 1.50 bits per heavy atom. The maximum Gasteiger partial charge on any atom is 0.256 e. The molecule has 0 aromatic carbocycles. The lowest BCUT2D eigenvalue weighted by Gasteiger charge is -2.16. The third-order valence-corrected chi connectivity index (χ3v) is 5.36. The molecule has 0 amide bonds. The Labute approximate surface area is 119 Å². The SMILES string of the molecule is CC(C)CCCOC(=S)N[C@@H]1CS(=O)(=O)C[C@H]1Cl. The Hall–Kier alpha value is -0.0700. The van der Waals surface area contributed by atoms with E-state index in [1.54, 1.807) is 0 Å². The van der Waals surface area contributed by atoms with Gasteiger partial charge in [0.1, 0.15) is 0 Å². The number of hydrogen-bond donors (Lipinski definition) is 1. The van der Waals surface area contributed by atoms with Crippen molar-refractivity contribution < 1.29 is 13.2 Å². The third kappa shape index (κ3) is 5.71. The minimum absolute atomic E-state index is 0.00217. The molecule has 1 N–H and O–H groups in total. The fraction of sp³-hybridized carbons (Fsp3) is 0.909. The highest BCUT2D eigenvalue weighted by molar-refractivity contribution is 7.91. The molecule has 4 nitrogen and oxygen atoms in total. The van der Waals surface area contributed by atoms with E-state index < -0.39 is 15.2 Å². The predicted octanol–water partition coefficient (Wildman–Crippen LogP) is 1.72. The number of sulfone groups is 1. The summed E-state index contributed by atoms with van der Waals surface area (Å²) in [6, 6.07) is -0.339. The van der Waals surface area contributed by atoms with Crippen molar-refractivity contribution in [3.8, 4) is 0 Å². The van der Waals surface area contributed by atoms with Crippen LogP contribution in [0.4, 0.5) is 0 Å². The van der Waals surface area contributed by atoms with E-state index >= 15 is 0 Å². The highest BCUT2D eigenvalue weighted by Crippen LogP contribution is 2.18. The quantitative estimate of drug-likeness (QED) is 0.476. The molecule has 1 aliphatic rings. The first-order valence-electron chi connectivity index (χ1n) is 6.08. The molecule has 0 unspecified atom stereocenters. The number of rotatable bonds is 5. The summed E-state index contributed by atoms with van der Waals surface area (Å²) < 4.78 is 28.1. The molecule has 1 heterocycles. The Morgan fingerprint density at radius 2 is 2.17 bits per heavy atom. The van der Waals surface area contributed by atoms with E-state index in [1.165, 1.54) is 0 Å². The van der Waals surface area contributed by atoms with Crippen molar-refractivity contribution in [3.63, 3.8) is 0 Å². The molecule has 0 saturated carbocycles. The number of thiocarbonyl (C=S) groups is 1. The van der Waals surface area contributed by atoms with Crippen LogP contribution >= 0.6 is 23.8 Å². The number of alkyl halides is 1. The number of hydrogen-bond acceptors (Lipinski definition) is 4. The first kappa shape index (κ1) is 16.0. The molecule has 1 fully saturated rings. The average molecular weight is 314 g/mol. The van der Waals surface area contributed by atoms with Crippen LogP contribution in [0.25, 0.3) is 0 Å². The van der Waals surface area contributed by atoms with E-state index in [0.29, 0.717) is 12.5 Å². The summed E-state index contributed by atoms with van der Waals surface area (Å²) in [5, 5.41) is 2.67. The van der Waals surface area contributed by atoms with Crippen LogP contribution in [0.1, 0.15) is 26.7 Å². The molecule has 0 bridgehead atoms. The Bertz CT molecular complexity index is 384. The average Bonchev–Trinajstić information content (AvgIpc) is 2.46. The highest BCUT2D eigenvalue weighted by Gasteiger charge is 2.36. The van der Waals surface area contributed by atoms with Gasteiger partial charge in [-0.15, -0.1) is 11.6 Å². The minimum Gasteiger partial charge on any atom is -0.471 e. The van der Waals surface area contributed by atoms with E-state index in [1.807, 2.05) is 0 Å². The van der Waals surface area contributed by atoms with Gasteiger partial charge in [-0.1, -0.05) is 13.8 Å². The summed E-state index contributed by atoms with van der Waals surface area (Å²) in [5.41, 5.74) is 0. The monoisotopic (exact) mass is 313 g/mol. The lowest BCUT2D eigenvalue weighted by atomic mass is 10.1. The second-order valence-corrected chi connectivity index (χ2v) is 8.10. The number of nitrogens with one attached hydrogen (secondary N) is 1. The molecular weight excluding hydrogens is 294 g/mol. The van der Waals surface area contributed by atoms with Gasteiger partial charge in [0.05, 0.1) is 29.5 Å². The summed E-state index contributed by atoms with van der Waals surface area (Å²) in [4.78, 5) is 0. The topological polar surface area (TPSA) is 55.4 Å². The van der Waals surface area contributed by atoms with E-state index in [-0.39, 0.29) is 22.7 Å². The van der Waals surface area contributed by atoms with Gasteiger partial charge in [0.15, 0.2) is 9.84 Å². The van der Waals surface area contributed by atoms with Crippen LogP contribution in [0.15, 0.2) is 0 Å². The second kappa shape index (κ2) is 6.91. The van der Waals surface area contributed by atoms with Crippen LogP contribution in [0.5, 0.6) is 0 Å². The Kier molecular flexibility index (Phi) is 6.14. The molecule has 106 valence electrons. The summed E-state index contributed by atoms with van der Waals surface area (Å²) in [6.07, 6.45) is 2.02. The van der Waals surface area contributed by atoms with Gasteiger partial charge in [-0.25, -0.2) is 8.42 Å². The maximum absolute atomic E-state index is 11.4. The maximum atomic E-state index is 11.4. The summed E-state index contributed by atoms with van der Waals surface area (Å²) in [5.74, 6) is 0.668. The second-order valence-electron chi connectivity index (χ2n) is 5.02. The lowest BCUT2D eigenvalue weighted by molar-refractivity contribution is 0.277. The van der Waals surface area contributed by atoms with Gasteiger partial charge >= 0.3 is 0 Å². The molecular formula is C11H20ClNO3S2. The normalized spacial score (nSPS) is 26.2. The van der Waals surface area contributed by atoms with Crippen molar-refractivity contribution in [3.05, 3.63) is 0 Å². The molecule has 0 aromatic rings. The van der Waals surface area contributed by atoms with Crippen molar-refractivity contribution in [1.82, 2.24) is 5.32 Å². The van der Waals surface area contributed by atoms with Gasteiger partial charge in [0.2, 0.25) is 0 Å². The Balaban J connectivity index is 2.24. The zero-order valence-corrected chi connectivity index (χ0v) is 13.1. The first-order valence-corrected chi connectivity index (χ1v) is 8.74. The number of halogens is 1. The van der Waals surface area contributed by atoms with Crippen molar-refractivity contribution in [2.24, 2.45) is 5.92 Å². The first-order chi connectivity index (χ1) is 8.30. The van der Waals surface area contributed by atoms with Crippen LogP contribution in [-0.4, -0.2) is 43.1 Å². The molecule has 1 saturated heterocycles. The van der Waals surface area contributed by atoms with Crippen molar-refractivity contribution in [2.75, 3.05) is 18.1 Å². The van der Waals surface area contributed by atoms with Gasteiger partial charge in [0.25, 0.3) is 5.17 Å². The van der Waals surface area contributed by atoms with Crippen LogP contribution in [0, 0.1) is 5.92 Å². The van der Waals surface area contributed by atoms with Crippen LogP contribution < -0.4 is 5.32 Å². The van der Waals surface area contributed by atoms with E-state index in [0.717, 1.165) is 12.8 Å². The summed E-state index contributed by atoms with van der Waals surface area (Å²) in [6.45, 7) is 4.85. The van der Waals surface area contributed by atoms with Crippen molar-refractivity contribution in [2.45, 2.75) is 38.1 Å². The van der Waals surface area contributed by atoms with Crippen LogP contribution in [0.2, 0.25) is 0 Å². The zero-order chi connectivity index (χ0) is 13.8. The number of ether oxygens (including phenoxy) is 1. The molecule has 0 aliphatic carbocycles. The summed E-state index contributed by atoms with van der Waals surface area (Å²) >= 11 is 11.0.